The van der Waals surface area contributed by atoms with Crippen LogP contribution in [-0.4, -0.2) is 0 Å². The molecule has 0 aliphatic rings. The zero-order valence-corrected chi connectivity index (χ0v) is 16.3. The largest absolute Gasteiger partial charge is 0.489 e. The van der Waals surface area contributed by atoms with E-state index in [0.29, 0.717) is 13.2 Å². The predicted octanol–water partition coefficient (Wildman–Crippen LogP) is 6.60. The van der Waals surface area contributed by atoms with Crippen molar-refractivity contribution in [3.05, 3.63) is 92.9 Å². The zero-order valence-electron chi connectivity index (χ0n) is 13.9. The van der Waals surface area contributed by atoms with Crippen LogP contribution in [0, 0.1) is 6.92 Å². The van der Waals surface area contributed by atoms with E-state index in [9.17, 15) is 0 Å². The fourth-order valence-corrected chi connectivity index (χ4v) is 2.96. The SMILES string of the molecule is Cc1c(Cl)cccc1NCc1ccccc1OCc1ccc(Br)cc1. The van der Waals surface area contributed by atoms with E-state index in [-0.39, 0.29) is 0 Å². The number of hydrogen-bond donors (Lipinski definition) is 1. The van der Waals surface area contributed by atoms with Crippen molar-refractivity contribution in [2.24, 2.45) is 0 Å². The monoisotopic (exact) mass is 415 g/mol. The molecule has 0 atom stereocenters. The van der Waals surface area contributed by atoms with Gasteiger partial charge in [0.1, 0.15) is 12.4 Å². The highest BCUT2D eigenvalue weighted by molar-refractivity contribution is 9.10. The molecule has 1 N–H and O–H groups in total. The maximum atomic E-state index is 6.19. The maximum absolute atomic E-state index is 6.19. The van der Waals surface area contributed by atoms with Crippen molar-refractivity contribution in [3.8, 4) is 5.75 Å². The first-order valence-corrected chi connectivity index (χ1v) is 9.25. The number of ether oxygens (including phenoxy) is 1. The highest BCUT2D eigenvalue weighted by atomic mass is 79.9. The molecular formula is C21H19BrClNO. The summed E-state index contributed by atoms with van der Waals surface area (Å²) in [6.45, 7) is 3.23. The summed E-state index contributed by atoms with van der Waals surface area (Å²) in [5, 5.41) is 4.21. The van der Waals surface area contributed by atoms with Crippen LogP contribution in [0.15, 0.2) is 71.2 Å². The van der Waals surface area contributed by atoms with Crippen molar-refractivity contribution in [1.29, 1.82) is 0 Å². The first kappa shape index (κ1) is 17.8. The molecule has 0 aliphatic heterocycles. The minimum atomic E-state index is 0.542. The van der Waals surface area contributed by atoms with Gasteiger partial charge in [-0.1, -0.05) is 63.9 Å². The van der Waals surface area contributed by atoms with E-state index in [1.165, 1.54) is 0 Å². The molecule has 25 heavy (non-hydrogen) atoms. The molecule has 0 saturated heterocycles. The van der Waals surface area contributed by atoms with Gasteiger partial charge in [-0.05, 0) is 48.4 Å². The van der Waals surface area contributed by atoms with Crippen LogP contribution in [0.2, 0.25) is 5.02 Å². The Morgan fingerprint density at radius 3 is 2.52 bits per heavy atom. The lowest BCUT2D eigenvalue weighted by Crippen LogP contribution is -2.04. The fourth-order valence-electron chi connectivity index (χ4n) is 2.52. The summed E-state index contributed by atoms with van der Waals surface area (Å²) in [5.74, 6) is 0.887. The third kappa shape index (κ3) is 4.77. The van der Waals surface area contributed by atoms with Gasteiger partial charge in [-0.3, -0.25) is 0 Å². The molecule has 0 spiro atoms. The molecule has 0 amide bonds. The van der Waals surface area contributed by atoms with Crippen LogP contribution in [0.5, 0.6) is 5.75 Å². The molecule has 0 unspecified atom stereocenters. The van der Waals surface area contributed by atoms with Crippen LogP contribution in [-0.2, 0) is 13.2 Å². The minimum absolute atomic E-state index is 0.542. The van der Waals surface area contributed by atoms with Gasteiger partial charge in [0.05, 0.1) is 0 Å². The average Bonchev–Trinajstić information content (AvgIpc) is 2.63. The number of benzene rings is 3. The van der Waals surface area contributed by atoms with Gasteiger partial charge in [0.25, 0.3) is 0 Å². The lowest BCUT2D eigenvalue weighted by atomic mass is 10.1. The van der Waals surface area contributed by atoms with Gasteiger partial charge in [0.2, 0.25) is 0 Å². The summed E-state index contributed by atoms with van der Waals surface area (Å²) in [6, 6.07) is 22.1. The van der Waals surface area contributed by atoms with E-state index in [2.05, 4.69) is 39.4 Å². The summed E-state index contributed by atoms with van der Waals surface area (Å²) in [4.78, 5) is 0. The molecule has 0 radical (unpaired) electrons. The van der Waals surface area contributed by atoms with E-state index < -0.39 is 0 Å². The molecular weight excluding hydrogens is 398 g/mol. The third-order valence-corrected chi connectivity index (χ3v) is 4.96. The molecule has 128 valence electrons. The van der Waals surface area contributed by atoms with Crippen LogP contribution >= 0.6 is 27.5 Å². The highest BCUT2D eigenvalue weighted by Gasteiger charge is 2.06. The molecule has 0 bridgehead atoms. The Kier molecular flexibility index (Phi) is 6.00. The van der Waals surface area contributed by atoms with Crippen molar-refractivity contribution in [2.45, 2.75) is 20.1 Å². The molecule has 3 aromatic carbocycles. The topological polar surface area (TPSA) is 21.3 Å². The van der Waals surface area contributed by atoms with Crippen LogP contribution in [0.4, 0.5) is 5.69 Å². The van der Waals surface area contributed by atoms with E-state index in [4.69, 9.17) is 16.3 Å². The Hall–Kier alpha value is -1.97. The molecule has 2 nitrogen and oxygen atoms in total. The van der Waals surface area contributed by atoms with Crippen LogP contribution in [0.3, 0.4) is 0 Å². The number of halogens is 2. The second-order valence-corrected chi connectivity index (χ2v) is 7.11. The van der Waals surface area contributed by atoms with E-state index in [1.807, 2.05) is 55.5 Å². The Balaban J connectivity index is 1.68. The van der Waals surface area contributed by atoms with Gasteiger partial charge >= 0.3 is 0 Å². The van der Waals surface area contributed by atoms with Crippen LogP contribution in [0.1, 0.15) is 16.7 Å². The molecule has 0 aromatic heterocycles. The first-order valence-electron chi connectivity index (χ1n) is 8.07. The third-order valence-electron chi connectivity index (χ3n) is 4.02. The first-order chi connectivity index (χ1) is 12.1. The Morgan fingerprint density at radius 2 is 1.72 bits per heavy atom. The number of anilines is 1. The summed E-state index contributed by atoms with van der Waals surface area (Å²) in [7, 11) is 0. The molecule has 0 fully saturated rings. The maximum Gasteiger partial charge on any atom is 0.124 e. The standard InChI is InChI=1S/C21H19BrClNO/c1-15-19(23)6-4-7-20(15)24-13-17-5-2-3-8-21(17)25-14-16-9-11-18(22)12-10-16/h2-12,24H,13-14H2,1H3. The predicted molar refractivity (Wildman–Crippen MR) is 108 cm³/mol. The van der Waals surface area contributed by atoms with Gasteiger partial charge in [-0.2, -0.15) is 0 Å². The van der Waals surface area contributed by atoms with Gasteiger partial charge < -0.3 is 10.1 Å². The van der Waals surface area contributed by atoms with Crippen LogP contribution in [0.25, 0.3) is 0 Å². The van der Waals surface area contributed by atoms with Crippen molar-refractivity contribution in [1.82, 2.24) is 0 Å². The fraction of sp³-hybridized carbons (Fsp3) is 0.143. The summed E-state index contributed by atoms with van der Waals surface area (Å²) < 4.78 is 7.09. The van der Waals surface area contributed by atoms with E-state index in [1.54, 1.807) is 0 Å². The quantitative estimate of drug-likeness (QED) is 0.488. The second kappa shape index (κ2) is 8.41. The lowest BCUT2D eigenvalue weighted by Gasteiger charge is -2.14. The summed E-state index contributed by atoms with van der Waals surface area (Å²) in [5.41, 5.74) is 4.34. The molecule has 0 saturated carbocycles. The molecule has 0 aliphatic carbocycles. The van der Waals surface area contributed by atoms with Crippen molar-refractivity contribution >= 4 is 33.2 Å². The van der Waals surface area contributed by atoms with Gasteiger partial charge in [-0.15, -0.1) is 0 Å². The number of para-hydroxylation sites is 1. The van der Waals surface area contributed by atoms with E-state index >= 15 is 0 Å². The molecule has 3 aromatic rings. The molecule has 3 rings (SSSR count). The van der Waals surface area contributed by atoms with E-state index in [0.717, 1.165) is 37.6 Å². The van der Waals surface area contributed by atoms with Crippen molar-refractivity contribution in [3.63, 3.8) is 0 Å². The Morgan fingerprint density at radius 1 is 0.960 bits per heavy atom. The van der Waals surface area contributed by atoms with Crippen molar-refractivity contribution in [2.75, 3.05) is 5.32 Å². The Labute approximate surface area is 161 Å². The normalized spacial score (nSPS) is 10.5. The zero-order chi connectivity index (χ0) is 17.6. The molecule has 4 heteroatoms. The minimum Gasteiger partial charge on any atom is -0.489 e. The smallest absolute Gasteiger partial charge is 0.124 e. The summed E-state index contributed by atoms with van der Waals surface area (Å²) >= 11 is 9.64. The number of nitrogens with one attached hydrogen (secondary N) is 1. The molecule has 0 heterocycles. The van der Waals surface area contributed by atoms with Gasteiger partial charge in [-0.25, -0.2) is 0 Å². The Bertz CT molecular complexity index is 849. The lowest BCUT2D eigenvalue weighted by molar-refractivity contribution is 0.303. The average molecular weight is 417 g/mol. The van der Waals surface area contributed by atoms with Crippen LogP contribution < -0.4 is 10.1 Å². The second-order valence-electron chi connectivity index (χ2n) is 5.79. The summed E-state index contributed by atoms with van der Waals surface area (Å²) in [6.07, 6.45) is 0. The number of hydrogen-bond acceptors (Lipinski definition) is 2. The number of rotatable bonds is 6. The van der Waals surface area contributed by atoms with Crippen molar-refractivity contribution < 1.29 is 4.74 Å². The highest BCUT2D eigenvalue weighted by Crippen LogP contribution is 2.25. The van der Waals surface area contributed by atoms with Gasteiger partial charge in [0.15, 0.2) is 0 Å². The van der Waals surface area contributed by atoms with Gasteiger partial charge in [0, 0.05) is 27.3 Å².